The lowest BCUT2D eigenvalue weighted by Crippen LogP contribution is -2.16. The van der Waals surface area contributed by atoms with Crippen LogP contribution in [0.4, 0.5) is 5.69 Å². The first-order chi connectivity index (χ1) is 7.72. The average molecular weight is 217 g/mol. The smallest absolute Gasteiger partial charge is 0.104 e. The zero-order chi connectivity index (χ0) is 11.5. The summed E-state index contributed by atoms with van der Waals surface area (Å²) < 4.78 is 0. The Morgan fingerprint density at radius 1 is 1.31 bits per heavy atom. The first-order valence-electron chi connectivity index (χ1n) is 5.95. The predicted molar refractivity (Wildman–Crippen MR) is 68.8 cm³/mol. The van der Waals surface area contributed by atoms with Crippen LogP contribution in [0.2, 0.25) is 0 Å². The van der Waals surface area contributed by atoms with Gasteiger partial charge in [-0.1, -0.05) is 13.8 Å². The fourth-order valence-electron chi connectivity index (χ4n) is 1.96. The van der Waals surface area contributed by atoms with E-state index in [0.29, 0.717) is 6.04 Å². The summed E-state index contributed by atoms with van der Waals surface area (Å²) in [5.74, 6) is 0.967. The lowest BCUT2D eigenvalue weighted by molar-refractivity contribution is 0.672. The van der Waals surface area contributed by atoms with Crippen molar-refractivity contribution in [3.05, 3.63) is 24.0 Å². The fourth-order valence-corrected chi connectivity index (χ4v) is 1.96. The van der Waals surface area contributed by atoms with Crippen molar-refractivity contribution < 1.29 is 0 Å². The van der Waals surface area contributed by atoms with Gasteiger partial charge in [-0.05, 0) is 38.0 Å². The molecule has 0 radical (unpaired) electrons. The molecule has 0 aliphatic heterocycles. The van der Waals surface area contributed by atoms with Crippen LogP contribution in [0.15, 0.2) is 18.2 Å². The van der Waals surface area contributed by atoms with E-state index in [4.69, 9.17) is 0 Å². The second-order valence-corrected chi connectivity index (χ2v) is 4.21. The zero-order valence-electron chi connectivity index (χ0n) is 10.2. The van der Waals surface area contributed by atoms with Crippen LogP contribution >= 0.6 is 0 Å². The van der Waals surface area contributed by atoms with E-state index in [9.17, 15) is 0 Å². The molecule has 86 valence electrons. The van der Waals surface area contributed by atoms with Crippen LogP contribution in [0.3, 0.4) is 0 Å². The molecule has 3 heteroatoms. The van der Waals surface area contributed by atoms with Crippen LogP contribution in [0.1, 0.15) is 32.5 Å². The molecule has 1 aromatic carbocycles. The molecule has 2 rings (SSSR count). The number of fused-ring (bicyclic) bond motifs is 1. The summed E-state index contributed by atoms with van der Waals surface area (Å²) in [6, 6.07) is 6.85. The third-order valence-electron chi connectivity index (χ3n) is 2.96. The topological polar surface area (TPSA) is 40.7 Å². The molecule has 0 fully saturated rings. The molecule has 0 aliphatic carbocycles. The van der Waals surface area contributed by atoms with Gasteiger partial charge in [-0.3, -0.25) is 0 Å². The van der Waals surface area contributed by atoms with Crippen LogP contribution in [0.25, 0.3) is 11.0 Å². The average Bonchev–Trinajstić information content (AvgIpc) is 2.65. The molecule has 0 bridgehead atoms. The molecule has 0 spiro atoms. The highest BCUT2D eigenvalue weighted by Crippen LogP contribution is 2.18. The summed E-state index contributed by atoms with van der Waals surface area (Å²) >= 11 is 0. The Labute approximate surface area is 96.3 Å². The number of aryl methyl sites for hydroxylation is 1. The molecule has 1 aromatic heterocycles. The number of nitrogens with zero attached hydrogens (tertiary/aromatic N) is 1. The highest BCUT2D eigenvalue weighted by atomic mass is 14.9. The van der Waals surface area contributed by atoms with E-state index >= 15 is 0 Å². The largest absolute Gasteiger partial charge is 0.382 e. The molecule has 2 aromatic rings. The van der Waals surface area contributed by atoms with Gasteiger partial charge in [0.15, 0.2) is 0 Å². The molecule has 0 saturated heterocycles. The number of H-pyrrole nitrogens is 1. The number of aromatic amines is 1. The summed E-state index contributed by atoms with van der Waals surface area (Å²) in [6.07, 6.45) is 2.30. The SMILES string of the molecule is CCC(CC)Nc1ccc2nc(C)[nH]c2c1. The van der Waals surface area contributed by atoms with E-state index in [1.165, 1.54) is 5.69 Å². The number of benzene rings is 1. The van der Waals surface area contributed by atoms with Crippen molar-refractivity contribution in [2.45, 2.75) is 39.7 Å². The summed E-state index contributed by atoms with van der Waals surface area (Å²) in [7, 11) is 0. The first-order valence-corrected chi connectivity index (χ1v) is 5.95. The van der Waals surface area contributed by atoms with Crippen LogP contribution in [0, 0.1) is 6.92 Å². The predicted octanol–water partition coefficient (Wildman–Crippen LogP) is 3.47. The molecule has 0 aliphatic rings. The molecule has 1 heterocycles. The van der Waals surface area contributed by atoms with Crippen LogP contribution in [-0.4, -0.2) is 16.0 Å². The van der Waals surface area contributed by atoms with Gasteiger partial charge in [-0.2, -0.15) is 0 Å². The molecule has 0 saturated carbocycles. The van der Waals surface area contributed by atoms with Crippen molar-refractivity contribution in [1.29, 1.82) is 0 Å². The number of nitrogens with one attached hydrogen (secondary N) is 2. The standard InChI is InChI=1S/C13H19N3/c1-4-10(5-2)16-11-6-7-12-13(8-11)15-9(3)14-12/h6-8,10,16H,4-5H2,1-3H3,(H,14,15). The first kappa shape index (κ1) is 11.0. The summed E-state index contributed by atoms with van der Waals surface area (Å²) in [6.45, 7) is 6.40. The van der Waals surface area contributed by atoms with Crippen LogP contribution < -0.4 is 5.32 Å². The van der Waals surface area contributed by atoms with Gasteiger partial charge in [0.2, 0.25) is 0 Å². The van der Waals surface area contributed by atoms with Gasteiger partial charge < -0.3 is 10.3 Å². The van der Waals surface area contributed by atoms with E-state index in [0.717, 1.165) is 29.7 Å². The summed E-state index contributed by atoms with van der Waals surface area (Å²) in [5.41, 5.74) is 3.31. The fraction of sp³-hybridized carbons (Fsp3) is 0.462. The Hall–Kier alpha value is -1.51. The number of aromatic nitrogens is 2. The Morgan fingerprint density at radius 3 is 2.75 bits per heavy atom. The van der Waals surface area contributed by atoms with Gasteiger partial charge in [-0.15, -0.1) is 0 Å². The Morgan fingerprint density at radius 2 is 2.06 bits per heavy atom. The molecular weight excluding hydrogens is 198 g/mol. The highest BCUT2D eigenvalue weighted by Gasteiger charge is 2.04. The molecule has 0 unspecified atom stereocenters. The van der Waals surface area contributed by atoms with Crippen molar-refractivity contribution >= 4 is 16.7 Å². The van der Waals surface area contributed by atoms with Gasteiger partial charge in [0.05, 0.1) is 11.0 Å². The molecule has 0 atom stereocenters. The normalized spacial score (nSPS) is 11.2. The second-order valence-electron chi connectivity index (χ2n) is 4.21. The summed E-state index contributed by atoms with van der Waals surface area (Å²) in [4.78, 5) is 7.65. The van der Waals surface area contributed by atoms with Crippen molar-refractivity contribution in [2.24, 2.45) is 0 Å². The van der Waals surface area contributed by atoms with E-state index in [1.54, 1.807) is 0 Å². The van der Waals surface area contributed by atoms with E-state index in [1.807, 2.05) is 6.92 Å². The molecule has 0 amide bonds. The van der Waals surface area contributed by atoms with E-state index < -0.39 is 0 Å². The minimum absolute atomic E-state index is 0.557. The Balaban J connectivity index is 2.24. The third-order valence-corrected chi connectivity index (χ3v) is 2.96. The maximum Gasteiger partial charge on any atom is 0.104 e. The van der Waals surface area contributed by atoms with Gasteiger partial charge in [-0.25, -0.2) is 4.98 Å². The minimum atomic E-state index is 0.557. The Bertz CT molecular complexity index is 469. The van der Waals surface area contributed by atoms with Crippen LogP contribution in [-0.2, 0) is 0 Å². The quantitative estimate of drug-likeness (QED) is 0.823. The molecule has 2 N–H and O–H groups in total. The monoisotopic (exact) mass is 217 g/mol. The van der Waals surface area contributed by atoms with Crippen LogP contribution in [0.5, 0.6) is 0 Å². The number of rotatable bonds is 4. The maximum absolute atomic E-state index is 4.39. The molecule has 3 nitrogen and oxygen atoms in total. The maximum atomic E-state index is 4.39. The Kier molecular flexibility index (Phi) is 3.13. The number of anilines is 1. The number of imidazole rings is 1. The zero-order valence-corrected chi connectivity index (χ0v) is 10.2. The second kappa shape index (κ2) is 4.56. The van der Waals surface area contributed by atoms with Crippen molar-refractivity contribution in [3.63, 3.8) is 0 Å². The van der Waals surface area contributed by atoms with Gasteiger partial charge >= 0.3 is 0 Å². The number of hydrogen-bond donors (Lipinski definition) is 2. The van der Waals surface area contributed by atoms with Gasteiger partial charge in [0.1, 0.15) is 5.82 Å². The lowest BCUT2D eigenvalue weighted by Gasteiger charge is -2.15. The summed E-state index contributed by atoms with van der Waals surface area (Å²) in [5, 5.41) is 3.53. The van der Waals surface area contributed by atoms with Gasteiger partial charge in [0, 0.05) is 11.7 Å². The molecule has 16 heavy (non-hydrogen) atoms. The number of hydrogen-bond acceptors (Lipinski definition) is 2. The molecular formula is C13H19N3. The lowest BCUT2D eigenvalue weighted by atomic mass is 10.1. The minimum Gasteiger partial charge on any atom is -0.382 e. The van der Waals surface area contributed by atoms with Gasteiger partial charge in [0.25, 0.3) is 0 Å². The highest BCUT2D eigenvalue weighted by molar-refractivity contribution is 5.79. The van der Waals surface area contributed by atoms with Crippen molar-refractivity contribution in [2.75, 3.05) is 5.32 Å². The van der Waals surface area contributed by atoms with E-state index in [2.05, 4.69) is 47.3 Å². The van der Waals surface area contributed by atoms with Crippen molar-refractivity contribution in [3.8, 4) is 0 Å². The van der Waals surface area contributed by atoms with E-state index in [-0.39, 0.29) is 0 Å². The third kappa shape index (κ3) is 2.18. The van der Waals surface area contributed by atoms with Crippen molar-refractivity contribution in [1.82, 2.24) is 9.97 Å².